The van der Waals surface area contributed by atoms with Crippen LogP contribution in [0.15, 0.2) is 0 Å². The average molecular weight is 256 g/mol. The first-order valence-electron chi connectivity index (χ1n) is 7.26. The highest BCUT2D eigenvalue weighted by molar-refractivity contribution is 5.81. The molecule has 3 atom stereocenters. The van der Waals surface area contributed by atoms with Crippen LogP contribution in [0.2, 0.25) is 0 Å². The zero-order chi connectivity index (χ0) is 13.4. The molecule has 0 aromatic carbocycles. The molecule has 4 nitrogen and oxygen atoms in total. The molecular formula is C14H28N2O2. The summed E-state index contributed by atoms with van der Waals surface area (Å²) in [6.45, 7) is 8.70. The van der Waals surface area contributed by atoms with Crippen molar-refractivity contribution in [2.75, 3.05) is 19.8 Å². The zero-order valence-electron chi connectivity index (χ0n) is 12.0. The van der Waals surface area contributed by atoms with Gasteiger partial charge in [-0.15, -0.1) is 0 Å². The summed E-state index contributed by atoms with van der Waals surface area (Å²) in [5.41, 5.74) is 0. The average Bonchev–Trinajstić information content (AvgIpc) is 2.88. The van der Waals surface area contributed by atoms with E-state index in [9.17, 15) is 4.79 Å². The van der Waals surface area contributed by atoms with E-state index < -0.39 is 0 Å². The molecule has 0 radical (unpaired) electrons. The summed E-state index contributed by atoms with van der Waals surface area (Å²) in [6, 6.07) is 0.214. The van der Waals surface area contributed by atoms with Crippen molar-refractivity contribution in [1.29, 1.82) is 0 Å². The van der Waals surface area contributed by atoms with Gasteiger partial charge in [0.1, 0.15) is 0 Å². The summed E-state index contributed by atoms with van der Waals surface area (Å²) in [5.74, 6) is 0.650. The third-order valence-corrected chi connectivity index (χ3v) is 3.66. The number of amides is 1. The Labute approximate surface area is 111 Å². The van der Waals surface area contributed by atoms with E-state index in [2.05, 4.69) is 24.5 Å². The fourth-order valence-corrected chi connectivity index (χ4v) is 2.29. The Hall–Kier alpha value is -0.610. The van der Waals surface area contributed by atoms with Crippen molar-refractivity contribution in [2.24, 2.45) is 5.92 Å². The van der Waals surface area contributed by atoms with Crippen LogP contribution in [0.4, 0.5) is 0 Å². The molecule has 0 spiro atoms. The van der Waals surface area contributed by atoms with E-state index in [1.54, 1.807) is 0 Å². The summed E-state index contributed by atoms with van der Waals surface area (Å²) < 4.78 is 5.37. The maximum atomic E-state index is 11.9. The van der Waals surface area contributed by atoms with E-state index >= 15 is 0 Å². The first-order valence-corrected chi connectivity index (χ1v) is 7.26. The molecule has 0 aromatic heterocycles. The monoisotopic (exact) mass is 256 g/mol. The fraction of sp³-hybridized carbons (Fsp3) is 0.929. The van der Waals surface area contributed by atoms with Gasteiger partial charge in [0, 0.05) is 19.2 Å². The Morgan fingerprint density at radius 2 is 2.17 bits per heavy atom. The topological polar surface area (TPSA) is 50.4 Å². The van der Waals surface area contributed by atoms with Gasteiger partial charge in [-0.05, 0) is 32.6 Å². The molecule has 1 aliphatic heterocycles. The van der Waals surface area contributed by atoms with Gasteiger partial charge in [-0.25, -0.2) is 0 Å². The third-order valence-electron chi connectivity index (χ3n) is 3.66. The van der Waals surface area contributed by atoms with Crippen LogP contribution in [0.25, 0.3) is 0 Å². The van der Waals surface area contributed by atoms with Crippen LogP contribution in [0.3, 0.4) is 0 Å². The molecule has 0 bridgehead atoms. The van der Waals surface area contributed by atoms with Crippen molar-refractivity contribution in [3.63, 3.8) is 0 Å². The van der Waals surface area contributed by atoms with Crippen molar-refractivity contribution in [2.45, 2.75) is 58.5 Å². The molecule has 1 aliphatic rings. The maximum Gasteiger partial charge on any atom is 0.236 e. The van der Waals surface area contributed by atoms with Crippen molar-refractivity contribution in [1.82, 2.24) is 10.6 Å². The largest absolute Gasteiger partial charge is 0.381 e. The highest BCUT2D eigenvalue weighted by Crippen LogP contribution is 2.16. The minimum atomic E-state index is -0.123. The van der Waals surface area contributed by atoms with Gasteiger partial charge in [0.2, 0.25) is 5.91 Å². The first-order chi connectivity index (χ1) is 8.65. The molecule has 4 heteroatoms. The van der Waals surface area contributed by atoms with E-state index in [1.165, 1.54) is 12.8 Å². The lowest BCUT2D eigenvalue weighted by Gasteiger charge is -2.23. The fourth-order valence-electron chi connectivity index (χ4n) is 2.29. The molecule has 1 saturated heterocycles. The SMILES string of the molecule is CCCCCNC(=O)C(C)NC(C)C1CCOC1. The van der Waals surface area contributed by atoms with Crippen LogP contribution in [-0.2, 0) is 9.53 Å². The molecule has 0 aromatic rings. The third kappa shape index (κ3) is 5.36. The van der Waals surface area contributed by atoms with Crippen LogP contribution in [-0.4, -0.2) is 37.7 Å². The van der Waals surface area contributed by atoms with Gasteiger partial charge in [0.05, 0.1) is 12.6 Å². The summed E-state index contributed by atoms with van der Waals surface area (Å²) in [6.07, 6.45) is 4.53. The van der Waals surface area contributed by atoms with E-state index in [1.807, 2.05) is 6.92 Å². The number of rotatable bonds is 8. The normalized spacial score (nSPS) is 22.7. The molecule has 1 rings (SSSR count). The van der Waals surface area contributed by atoms with Crippen LogP contribution < -0.4 is 10.6 Å². The zero-order valence-corrected chi connectivity index (χ0v) is 12.0. The highest BCUT2D eigenvalue weighted by Gasteiger charge is 2.24. The summed E-state index contributed by atoms with van der Waals surface area (Å²) in [4.78, 5) is 11.9. The number of carbonyl (C=O) groups is 1. The quantitative estimate of drug-likeness (QED) is 0.650. The van der Waals surface area contributed by atoms with E-state index in [0.29, 0.717) is 12.0 Å². The molecule has 3 unspecified atom stereocenters. The molecule has 0 saturated carbocycles. The van der Waals surface area contributed by atoms with Crippen molar-refractivity contribution < 1.29 is 9.53 Å². The van der Waals surface area contributed by atoms with E-state index in [-0.39, 0.29) is 11.9 Å². The van der Waals surface area contributed by atoms with E-state index in [0.717, 1.165) is 32.6 Å². The molecule has 0 aliphatic carbocycles. The van der Waals surface area contributed by atoms with Gasteiger partial charge in [0.25, 0.3) is 0 Å². The summed E-state index contributed by atoms with van der Waals surface area (Å²) in [5, 5.41) is 6.35. The minimum Gasteiger partial charge on any atom is -0.381 e. The summed E-state index contributed by atoms with van der Waals surface area (Å²) in [7, 11) is 0. The molecule has 1 heterocycles. The van der Waals surface area contributed by atoms with Crippen molar-refractivity contribution in [3.05, 3.63) is 0 Å². The molecule has 2 N–H and O–H groups in total. The van der Waals surface area contributed by atoms with Crippen LogP contribution >= 0.6 is 0 Å². The second-order valence-electron chi connectivity index (χ2n) is 5.30. The smallest absolute Gasteiger partial charge is 0.236 e. The number of unbranched alkanes of at least 4 members (excludes halogenated alkanes) is 2. The molecule has 18 heavy (non-hydrogen) atoms. The second kappa shape index (κ2) is 8.48. The standard InChI is InChI=1S/C14H28N2O2/c1-4-5-6-8-15-14(17)12(3)16-11(2)13-7-9-18-10-13/h11-13,16H,4-10H2,1-3H3,(H,15,17). The van der Waals surface area contributed by atoms with E-state index in [4.69, 9.17) is 4.74 Å². The number of hydrogen-bond acceptors (Lipinski definition) is 3. The lowest BCUT2D eigenvalue weighted by atomic mass is 10.00. The van der Waals surface area contributed by atoms with Gasteiger partial charge in [-0.2, -0.15) is 0 Å². The lowest BCUT2D eigenvalue weighted by Crippen LogP contribution is -2.48. The van der Waals surface area contributed by atoms with Crippen LogP contribution in [0.1, 0.15) is 46.5 Å². The molecule has 1 fully saturated rings. The molecule has 1 amide bonds. The Bertz CT molecular complexity index is 240. The van der Waals surface area contributed by atoms with Crippen molar-refractivity contribution in [3.8, 4) is 0 Å². The molecule has 106 valence electrons. The predicted molar refractivity (Wildman–Crippen MR) is 73.5 cm³/mol. The minimum absolute atomic E-state index is 0.108. The van der Waals surface area contributed by atoms with Gasteiger partial charge in [0.15, 0.2) is 0 Å². The number of ether oxygens (including phenoxy) is 1. The lowest BCUT2D eigenvalue weighted by molar-refractivity contribution is -0.123. The van der Waals surface area contributed by atoms with Gasteiger partial charge < -0.3 is 15.4 Å². The van der Waals surface area contributed by atoms with Crippen LogP contribution in [0, 0.1) is 5.92 Å². The Balaban J connectivity index is 2.17. The number of hydrogen-bond donors (Lipinski definition) is 2. The first kappa shape index (κ1) is 15.4. The van der Waals surface area contributed by atoms with Crippen molar-refractivity contribution >= 4 is 5.91 Å². The van der Waals surface area contributed by atoms with Gasteiger partial charge in [-0.1, -0.05) is 19.8 Å². The Morgan fingerprint density at radius 3 is 2.78 bits per heavy atom. The maximum absolute atomic E-state index is 11.9. The molecular weight excluding hydrogens is 228 g/mol. The van der Waals surface area contributed by atoms with Gasteiger partial charge in [-0.3, -0.25) is 4.79 Å². The van der Waals surface area contributed by atoms with Gasteiger partial charge >= 0.3 is 0 Å². The number of nitrogens with one attached hydrogen (secondary N) is 2. The Morgan fingerprint density at radius 1 is 1.39 bits per heavy atom. The second-order valence-corrected chi connectivity index (χ2v) is 5.30. The highest BCUT2D eigenvalue weighted by atomic mass is 16.5. The van der Waals surface area contributed by atoms with Crippen LogP contribution in [0.5, 0.6) is 0 Å². The predicted octanol–water partition coefficient (Wildman–Crippen LogP) is 1.70. The Kier molecular flexibility index (Phi) is 7.28. The number of carbonyl (C=O) groups excluding carboxylic acids is 1. The summed E-state index contributed by atoms with van der Waals surface area (Å²) >= 11 is 0.